The maximum absolute atomic E-state index is 12.3. The first-order valence-corrected chi connectivity index (χ1v) is 8.23. The predicted octanol–water partition coefficient (Wildman–Crippen LogP) is 2.13. The van der Waals surface area contributed by atoms with Crippen molar-refractivity contribution in [3.63, 3.8) is 0 Å². The Hall–Kier alpha value is -2.15. The lowest BCUT2D eigenvalue weighted by Gasteiger charge is -2.35. The summed E-state index contributed by atoms with van der Waals surface area (Å²) in [5.74, 6) is 0. The van der Waals surface area contributed by atoms with Crippen molar-refractivity contribution >= 4 is 22.5 Å². The van der Waals surface area contributed by atoms with Crippen LogP contribution >= 0.6 is 11.3 Å². The van der Waals surface area contributed by atoms with Gasteiger partial charge in [-0.25, -0.2) is 9.78 Å². The molecule has 0 saturated carbocycles. The van der Waals surface area contributed by atoms with Crippen LogP contribution in [0.1, 0.15) is 18.7 Å². The van der Waals surface area contributed by atoms with Gasteiger partial charge in [0.25, 0.3) is 0 Å². The highest BCUT2D eigenvalue weighted by Gasteiger charge is 2.23. The Morgan fingerprint density at radius 3 is 2.68 bits per heavy atom. The van der Waals surface area contributed by atoms with Gasteiger partial charge in [0.1, 0.15) is 0 Å². The SMILES string of the molecule is CC(NC(=O)N1CCN(c2nccs2)CC1)c1ccccn1. The van der Waals surface area contributed by atoms with Crippen molar-refractivity contribution < 1.29 is 4.79 Å². The molecule has 1 atom stereocenters. The van der Waals surface area contributed by atoms with Crippen LogP contribution in [0.25, 0.3) is 0 Å². The summed E-state index contributed by atoms with van der Waals surface area (Å²) in [6.07, 6.45) is 3.55. The second kappa shape index (κ2) is 6.74. The first kappa shape index (κ1) is 14.8. The number of hydrogen-bond acceptors (Lipinski definition) is 5. The zero-order valence-corrected chi connectivity index (χ0v) is 13.3. The van der Waals surface area contributed by atoms with Crippen LogP contribution in [-0.2, 0) is 0 Å². The summed E-state index contributed by atoms with van der Waals surface area (Å²) in [5, 5.41) is 6.01. The summed E-state index contributed by atoms with van der Waals surface area (Å²) in [5.41, 5.74) is 0.872. The Morgan fingerprint density at radius 2 is 2.05 bits per heavy atom. The molecule has 116 valence electrons. The lowest BCUT2D eigenvalue weighted by molar-refractivity contribution is 0.191. The number of carbonyl (C=O) groups is 1. The molecule has 1 saturated heterocycles. The number of rotatable bonds is 3. The van der Waals surface area contributed by atoms with Crippen LogP contribution in [0.3, 0.4) is 0 Å². The van der Waals surface area contributed by atoms with E-state index >= 15 is 0 Å². The van der Waals surface area contributed by atoms with E-state index in [0.717, 1.165) is 23.9 Å². The number of nitrogens with zero attached hydrogens (tertiary/aromatic N) is 4. The van der Waals surface area contributed by atoms with Crippen molar-refractivity contribution in [2.45, 2.75) is 13.0 Å². The molecular weight excluding hydrogens is 298 g/mol. The first-order valence-electron chi connectivity index (χ1n) is 7.35. The maximum Gasteiger partial charge on any atom is 0.318 e. The molecule has 2 aromatic rings. The average molecular weight is 317 g/mol. The highest BCUT2D eigenvalue weighted by atomic mass is 32.1. The lowest BCUT2D eigenvalue weighted by atomic mass is 10.2. The van der Waals surface area contributed by atoms with E-state index in [4.69, 9.17) is 0 Å². The van der Waals surface area contributed by atoms with Gasteiger partial charge in [-0.3, -0.25) is 4.98 Å². The third kappa shape index (κ3) is 3.36. The van der Waals surface area contributed by atoms with Gasteiger partial charge in [0.05, 0.1) is 11.7 Å². The number of pyridine rings is 1. The number of carbonyl (C=O) groups excluding carboxylic acids is 1. The van der Waals surface area contributed by atoms with Crippen molar-refractivity contribution in [1.82, 2.24) is 20.2 Å². The number of aromatic nitrogens is 2. The minimum atomic E-state index is -0.0920. The quantitative estimate of drug-likeness (QED) is 0.942. The van der Waals surface area contributed by atoms with Crippen molar-refractivity contribution in [3.8, 4) is 0 Å². The number of urea groups is 1. The molecule has 22 heavy (non-hydrogen) atoms. The van der Waals surface area contributed by atoms with Crippen LogP contribution in [0.4, 0.5) is 9.93 Å². The van der Waals surface area contributed by atoms with E-state index < -0.39 is 0 Å². The van der Waals surface area contributed by atoms with E-state index in [9.17, 15) is 4.79 Å². The van der Waals surface area contributed by atoms with Crippen LogP contribution in [0.15, 0.2) is 36.0 Å². The van der Waals surface area contributed by atoms with Crippen LogP contribution in [-0.4, -0.2) is 47.1 Å². The van der Waals surface area contributed by atoms with Crippen molar-refractivity contribution in [2.24, 2.45) is 0 Å². The van der Waals surface area contributed by atoms with Gasteiger partial charge in [0.2, 0.25) is 0 Å². The summed E-state index contributed by atoms with van der Waals surface area (Å²) in [7, 11) is 0. The molecule has 2 aromatic heterocycles. The molecule has 0 spiro atoms. The van der Waals surface area contributed by atoms with E-state index in [1.807, 2.05) is 41.6 Å². The molecule has 3 rings (SSSR count). The van der Waals surface area contributed by atoms with Gasteiger partial charge < -0.3 is 15.1 Å². The number of piperazine rings is 1. The first-order chi connectivity index (χ1) is 10.7. The van der Waals surface area contributed by atoms with Gasteiger partial charge in [-0.05, 0) is 19.1 Å². The minimum Gasteiger partial charge on any atom is -0.345 e. The van der Waals surface area contributed by atoms with Crippen LogP contribution in [0.5, 0.6) is 0 Å². The molecule has 0 aromatic carbocycles. The van der Waals surface area contributed by atoms with Crippen molar-refractivity contribution in [2.75, 3.05) is 31.1 Å². The van der Waals surface area contributed by atoms with Gasteiger partial charge in [-0.15, -0.1) is 11.3 Å². The Bertz CT molecular complexity index is 596. The topological polar surface area (TPSA) is 61.4 Å². The third-order valence-electron chi connectivity index (χ3n) is 3.73. The molecule has 3 heterocycles. The van der Waals surface area contributed by atoms with Gasteiger partial charge in [-0.2, -0.15) is 0 Å². The largest absolute Gasteiger partial charge is 0.345 e. The van der Waals surface area contributed by atoms with Gasteiger partial charge in [0, 0.05) is 44.0 Å². The van der Waals surface area contributed by atoms with Crippen LogP contribution in [0.2, 0.25) is 0 Å². The Balaban J connectivity index is 1.52. The fourth-order valence-electron chi connectivity index (χ4n) is 2.46. The van der Waals surface area contributed by atoms with Crippen molar-refractivity contribution in [3.05, 3.63) is 41.7 Å². The van der Waals surface area contributed by atoms with E-state index in [2.05, 4.69) is 20.2 Å². The average Bonchev–Trinajstić information content (AvgIpc) is 3.10. The number of nitrogens with one attached hydrogen (secondary N) is 1. The fraction of sp³-hybridized carbons (Fsp3) is 0.400. The number of amides is 2. The van der Waals surface area contributed by atoms with E-state index in [-0.39, 0.29) is 12.1 Å². The molecule has 0 bridgehead atoms. The van der Waals surface area contributed by atoms with Crippen LogP contribution in [0, 0.1) is 0 Å². The van der Waals surface area contributed by atoms with Gasteiger partial charge in [0.15, 0.2) is 5.13 Å². The second-order valence-electron chi connectivity index (χ2n) is 5.21. The van der Waals surface area contributed by atoms with Gasteiger partial charge >= 0.3 is 6.03 Å². The lowest BCUT2D eigenvalue weighted by Crippen LogP contribution is -2.52. The highest BCUT2D eigenvalue weighted by Crippen LogP contribution is 2.19. The zero-order valence-electron chi connectivity index (χ0n) is 12.5. The second-order valence-corrected chi connectivity index (χ2v) is 6.09. The third-order valence-corrected chi connectivity index (χ3v) is 4.56. The predicted molar refractivity (Wildman–Crippen MR) is 87.1 cm³/mol. The molecule has 0 aliphatic carbocycles. The maximum atomic E-state index is 12.3. The Morgan fingerprint density at radius 1 is 1.23 bits per heavy atom. The minimum absolute atomic E-state index is 0.0306. The zero-order chi connectivity index (χ0) is 15.4. The van der Waals surface area contributed by atoms with Crippen molar-refractivity contribution in [1.29, 1.82) is 0 Å². The number of thiazole rings is 1. The molecule has 1 fully saturated rings. The van der Waals surface area contributed by atoms with E-state index in [1.165, 1.54) is 0 Å². The molecule has 1 aliphatic rings. The molecule has 7 heteroatoms. The molecule has 1 unspecified atom stereocenters. The Kier molecular flexibility index (Phi) is 4.53. The summed E-state index contributed by atoms with van der Waals surface area (Å²) in [4.78, 5) is 25.0. The summed E-state index contributed by atoms with van der Waals surface area (Å²) in [6, 6.07) is 5.60. The van der Waals surface area contributed by atoms with Crippen LogP contribution < -0.4 is 10.2 Å². The summed E-state index contributed by atoms with van der Waals surface area (Å²) >= 11 is 1.63. The van der Waals surface area contributed by atoms with E-state index in [1.54, 1.807) is 17.5 Å². The fourth-order valence-corrected chi connectivity index (χ4v) is 3.15. The monoisotopic (exact) mass is 317 g/mol. The van der Waals surface area contributed by atoms with Gasteiger partial charge in [-0.1, -0.05) is 6.07 Å². The summed E-state index contributed by atoms with van der Waals surface area (Å²) in [6.45, 7) is 5.00. The molecule has 1 aliphatic heterocycles. The molecular formula is C15H19N5OS. The molecule has 1 N–H and O–H groups in total. The smallest absolute Gasteiger partial charge is 0.318 e. The van der Waals surface area contributed by atoms with E-state index in [0.29, 0.717) is 13.1 Å². The Labute approximate surface area is 133 Å². The highest BCUT2D eigenvalue weighted by molar-refractivity contribution is 7.13. The normalized spacial score (nSPS) is 16.4. The number of hydrogen-bond donors (Lipinski definition) is 1. The standard InChI is InChI=1S/C15H19N5OS/c1-12(13-4-2-3-5-16-13)18-14(21)19-7-9-20(10-8-19)15-17-6-11-22-15/h2-6,11-12H,7-10H2,1H3,(H,18,21). The number of anilines is 1. The summed E-state index contributed by atoms with van der Waals surface area (Å²) < 4.78 is 0. The molecule has 6 nitrogen and oxygen atoms in total. The molecule has 0 radical (unpaired) electrons. The molecule has 2 amide bonds.